The summed E-state index contributed by atoms with van der Waals surface area (Å²) in [6, 6.07) is 2.59. The van der Waals surface area contributed by atoms with Gasteiger partial charge in [-0.15, -0.1) is 0 Å². The van der Waals surface area contributed by atoms with E-state index in [1.54, 1.807) is 0 Å². The maximum Gasteiger partial charge on any atom is 0.340 e. The molecule has 0 bridgehead atoms. The minimum atomic E-state index is -1.30. The first kappa shape index (κ1) is 7.72. The molecule has 1 aromatic heterocycles. The molecule has 0 unspecified atom stereocenters. The van der Waals surface area contributed by atoms with Crippen molar-refractivity contribution in [2.45, 2.75) is 0 Å². The highest BCUT2D eigenvalue weighted by molar-refractivity contribution is 6.01. The third-order valence-electron chi connectivity index (χ3n) is 1.78. The molecule has 13 heavy (non-hydrogen) atoms. The fourth-order valence-electron chi connectivity index (χ4n) is 1.20. The van der Waals surface area contributed by atoms with E-state index in [4.69, 9.17) is 5.11 Å². The molecule has 0 saturated carbocycles. The zero-order valence-electron chi connectivity index (χ0n) is 6.41. The number of halogens is 1. The fourth-order valence-corrected chi connectivity index (χ4v) is 1.20. The summed E-state index contributed by atoms with van der Waals surface area (Å²) in [5, 5.41) is 15.3. The van der Waals surface area contributed by atoms with Crippen LogP contribution in [-0.4, -0.2) is 21.3 Å². The van der Waals surface area contributed by atoms with Gasteiger partial charge >= 0.3 is 5.97 Å². The predicted octanol–water partition coefficient (Wildman–Crippen LogP) is 1.40. The molecular weight excluding hydrogens is 175 g/mol. The van der Waals surface area contributed by atoms with Gasteiger partial charge in [-0.3, -0.25) is 5.10 Å². The highest BCUT2D eigenvalue weighted by Crippen LogP contribution is 2.18. The van der Waals surface area contributed by atoms with Crippen molar-refractivity contribution in [3.8, 4) is 0 Å². The number of nitrogens with one attached hydrogen (secondary N) is 1. The summed E-state index contributed by atoms with van der Waals surface area (Å²) in [4.78, 5) is 10.6. The molecule has 2 aromatic rings. The minimum Gasteiger partial charge on any atom is -0.478 e. The monoisotopic (exact) mass is 180 g/mol. The van der Waals surface area contributed by atoms with Crippen LogP contribution < -0.4 is 0 Å². The second-order valence-electron chi connectivity index (χ2n) is 2.56. The Kier molecular flexibility index (Phi) is 1.51. The first-order valence-corrected chi connectivity index (χ1v) is 3.55. The van der Waals surface area contributed by atoms with Gasteiger partial charge in [-0.1, -0.05) is 0 Å². The van der Waals surface area contributed by atoms with E-state index < -0.39 is 11.8 Å². The zero-order chi connectivity index (χ0) is 9.42. The van der Waals surface area contributed by atoms with Crippen molar-refractivity contribution in [2.75, 3.05) is 0 Å². The summed E-state index contributed by atoms with van der Waals surface area (Å²) in [6.45, 7) is 0. The van der Waals surface area contributed by atoms with Crippen molar-refractivity contribution in [3.63, 3.8) is 0 Å². The SMILES string of the molecule is O=C(O)c1c(F)ccc2cn[nH]c12. The molecule has 2 rings (SSSR count). The van der Waals surface area contributed by atoms with Crippen LogP contribution in [0, 0.1) is 5.82 Å². The Labute approximate surface area is 72.0 Å². The van der Waals surface area contributed by atoms with Gasteiger partial charge in [0.15, 0.2) is 0 Å². The van der Waals surface area contributed by atoms with Gasteiger partial charge in [0.1, 0.15) is 11.4 Å². The van der Waals surface area contributed by atoms with Gasteiger partial charge in [0.2, 0.25) is 0 Å². The highest BCUT2D eigenvalue weighted by atomic mass is 19.1. The molecule has 0 radical (unpaired) electrons. The second kappa shape index (κ2) is 2.55. The Morgan fingerprint density at radius 2 is 2.31 bits per heavy atom. The molecule has 1 aromatic carbocycles. The van der Waals surface area contributed by atoms with E-state index in [2.05, 4.69) is 10.2 Å². The van der Waals surface area contributed by atoms with Crippen molar-refractivity contribution in [1.29, 1.82) is 0 Å². The first-order valence-electron chi connectivity index (χ1n) is 3.55. The van der Waals surface area contributed by atoms with Gasteiger partial charge in [-0.05, 0) is 12.1 Å². The van der Waals surface area contributed by atoms with Gasteiger partial charge in [0, 0.05) is 5.39 Å². The molecular formula is C8H5FN2O2. The van der Waals surface area contributed by atoms with Gasteiger partial charge in [-0.25, -0.2) is 9.18 Å². The number of aromatic nitrogens is 2. The first-order chi connectivity index (χ1) is 6.20. The summed E-state index contributed by atoms with van der Waals surface area (Å²) >= 11 is 0. The number of carbonyl (C=O) groups is 1. The highest BCUT2D eigenvalue weighted by Gasteiger charge is 2.15. The van der Waals surface area contributed by atoms with Crippen molar-refractivity contribution in [1.82, 2.24) is 10.2 Å². The molecule has 0 atom stereocenters. The van der Waals surface area contributed by atoms with Crippen molar-refractivity contribution < 1.29 is 14.3 Å². The number of carboxylic acid groups (broad SMARTS) is 1. The van der Waals surface area contributed by atoms with Crippen molar-refractivity contribution >= 4 is 16.9 Å². The zero-order valence-corrected chi connectivity index (χ0v) is 6.41. The lowest BCUT2D eigenvalue weighted by Crippen LogP contribution is -2.01. The number of aromatic carboxylic acids is 1. The van der Waals surface area contributed by atoms with Gasteiger partial charge in [0.05, 0.1) is 11.7 Å². The molecule has 2 N–H and O–H groups in total. The number of carboxylic acids is 1. The molecule has 66 valence electrons. The summed E-state index contributed by atoms with van der Waals surface area (Å²) in [6.07, 6.45) is 1.45. The number of hydrogen-bond donors (Lipinski definition) is 2. The maximum atomic E-state index is 13.0. The Morgan fingerprint density at radius 3 is 3.00 bits per heavy atom. The lowest BCUT2D eigenvalue weighted by molar-refractivity contribution is 0.0694. The van der Waals surface area contributed by atoms with E-state index in [1.165, 1.54) is 12.3 Å². The van der Waals surface area contributed by atoms with Crippen LogP contribution in [0.15, 0.2) is 18.3 Å². The third-order valence-corrected chi connectivity index (χ3v) is 1.78. The number of rotatable bonds is 1. The number of nitrogens with zero attached hydrogens (tertiary/aromatic N) is 1. The predicted molar refractivity (Wildman–Crippen MR) is 43.0 cm³/mol. The van der Waals surface area contributed by atoms with Crippen LogP contribution in [-0.2, 0) is 0 Å². The van der Waals surface area contributed by atoms with Crippen molar-refractivity contribution in [3.05, 3.63) is 29.7 Å². The standard InChI is InChI=1S/C8H5FN2O2/c9-5-2-1-4-3-10-11-7(4)6(5)8(12)13/h1-3H,(H,10,11)(H,12,13). The summed E-state index contributed by atoms with van der Waals surface area (Å²) in [7, 11) is 0. The van der Waals surface area contributed by atoms with E-state index in [1.807, 2.05) is 0 Å². The lowest BCUT2D eigenvalue weighted by atomic mass is 10.1. The Morgan fingerprint density at radius 1 is 1.54 bits per heavy atom. The second-order valence-corrected chi connectivity index (χ2v) is 2.56. The molecule has 5 heteroatoms. The van der Waals surface area contributed by atoms with E-state index in [-0.39, 0.29) is 11.1 Å². The summed E-state index contributed by atoms with van der Waals surface area (Å²) in [5.74, 6) is -2.06. The van der Waals surface area contributed by atoms with E-state index >= 15 is 0 Å². The fraction of sp³-hybridized carbons (Fsp3) is 0. The number of H-pyrrole nitrogens is 1. The van der Waals surface area contributed by atoms with Crippen LogP contribution in [0.4, 0.5) is 4.39 Å². The number of benzene rings is 1. The van der Waals surface area contributed by atoms with E-state index in [0.29, 0.717) is 5.39 Å². The molecule has 0 aliphatic rings. The number of hydrogen-bond acceptors (Lipinski definition) is 2. The van der Waals surface area contributed by atoms with Crippen LogP contribution in [0.1, 0.15) is 10.4 Å². The van der Waals surface area contributed by atoms with Crippen LogP contribution >= 0.6 is 0 Å². The van der Waals surface area contributed by atoms with Crippen molar-refractivity contribution in [2.24, 2.45) is 0 Å². The topological polar surface area (TPSA) is 66.0 Å². The molecule has 4 nitrogen and oxygen atoms in total. The summed E-state index contributed by atoms with van der Waals surface area (Å²) in [5.41, 5.74) is -0.150. The third kappa shape index (κ3) is 1.05. The minimum absolute atomic E-state index is 0.215. The van der Waals surface area contributed by atoms with Crippen LogP contribution in [0.5, 0.6) is 0 Å². The van der Waals surface area contributed by atoms with Gasteiger partial charge in [0.25, 0.3) is 0 Å². The van der Waals surface area contributed by atoms with Crippen LogP contribution in [0.3, 0.4) is 0 Å². The van der Waals surface area contributed by atoms with Gasteiger partial charge < -0.3 is 5.11 Å². The molecule has 1 heterocycles. The molecule has 0 aliphatic heterocycles. The quantitative estimate of drug-likeness (QED) is 0.697. The Bertz CT molecular complexity index is 478. The lowest BCUT2D eigenvalue weighted by Gasteiger charge is -1.97. The van der Waals surface area contributed by atoms with Crippen LogP contribution in [0.25, 0.3) is 10.9 Å². The van der Waals surface area contributed by atoms with E-state index in [0.717, 1.165) is 6.07 Å². The Balaban J connectivity index is 2.88. The molecule has 0 saturated heterocycles. The smallest absolute Gasteiger partial charge is 0.340 e. The molecule has 0 spiro atoms. The average Bonchev–Trinajstić information content (AvgIpc) is 2.50. The normalized spacial score (nSPS) is 10.5. The molecule has 0 aliphatic carbocycles. The largest absolute Gasteiger partial charge is 0.478 e. The number of fused-ring (bicyclic) bond motifs is 1. The average molecular weight is 180 g/mol. The maximum absolute atomic E-state index is 13.0. The van der Waals surface area contributed by atoms with E-state index in [9.17, 15) is 9.18 Å². The van der Waals surface area contributed by atoms with Gasteiger partial charge in [-0.2, -0.15) is 5.10 Å². The molecule has 0 amide bonds. The Hall–Kier alpha value is -1.91. The summed E-state index contributed by atoms with van der Waals surface area (Å²) < 4.78 is 13.0. The number of aromatic amines is 1. The molecule has 0 fully saturated rings. The van der Waals surface area contributed by atoms with Crippen LogP contribution in [0.2, 0.25) is 0 Å².